The van der Waals surface area contributed by atoms with Crippen molar-refractivity contribution in [1.29, 1.82) is 0 Å². The maximum atomic E-state index is 11.8. The highest BCUT2D eigenvalue weighted by atomic mass is 32.2. The van der Waals surface area contributed by atoms with Crippen LogP contribution in [0.25, 0.3) is 0 Å². The van der Waals surface area contributed by atoms with Crippen LogP contribution < -0.4 is 5.32 Å². The largest absolute Gasteiger partial charge is 0.393 e. The van der Waals surface area contributed by atoms with Crippen LogP contribution in [-0.2, 0) is 4.79 Å². The molecule has 19 heavy (non-hydrogen) atoms. The van der Waals surface area contributed by atoms with Gasteiger partial charge < -0.3 is 10.4 Å². The van der Waals surface area contributed by atoms with Gasteiger partial charge in [0.2, 0.25) is 5.91 Å². The first-order valence-corrected chi connectivity index (χ1v) is 7.54. The van der Waals surface area contributed by atoms with Gasteiger partial charge in [-0.05, 0) is 44.8 Å². The summed E-state index contributed by atoms with van der Waals surface area (Å²) >= 11 is 1.65. The third-order valence-electron chi connectivity index (χ3n) is 2.70. The Labute approximate surface area is 119 Å². The van der Waals surface area contributed by atoms with E-state index in [0.717, 1.165) is 10.6 Å². The number of amides is 1. The molecule has 1 aromatic rings. The molecule has 5 heteroatoms. The highest BCUT2D eigenvalue weighted by Crippen LogP contribution is 2.18. The first kappa shape index (κ1) is 16.0. The van der Waals surface area contributed by atoms with Crippen LogP contribution >= 0.6 is 11.8 Å². The van der Waals surface area contributed by atoms with Crippen molar-refractivity contribution in [2.75, 3.05) is 31.7 Å². The average molecular weight is 282 g/mol. The Morgan fingerprint density at radius 1 is 1.53 bits per heavy atom. The van der Waals surface area contributed by atoms with Crippen molar-refractivity contribution < 1.29 is 9.90 Å². The molecule has 0 aromatic heterocycles. The number of nitrogens with one attached hydrogen (secondary N) is 1. The van der Waals surface area contributed by atoms with Crippen molar-refractivity contribution in [3.63, 3.8) is 0 Å². The minimum Gasteiger partial charge on any atom is -0.393 e. The number of carbonyl (C=O) groups excluding carboxylic acids is 1. The van der Waals surface area contributed by atoms with Gasteiger partial charge in [-0.1, -0.05) is 6.07 Å². The zero-order valence-electron chi connectivity index (χ0n) is 11.7. The zero-order valence-corrected chi connectivity index (χ0v) is 12.5. The van der Waals surface area contributed by atoms with E-state index in [1.54, 1.807) is 18.7 Å². The van der Waals surface area contributed by atoms with Crippen molar-refractivity contribution in [2.24, 2.45) is 0 Å². The standard InChI is InChI=1S/C14H22N2O2S/c1-11(17)7-8-16(2)10-14(18)15-12-5-4-6-13(9-12)19-3/h4-6,9,11,17H,7-8,10H2,1-3H3,(H,15,18). The Morgan fingerprint density at radius 2 is 2.26 bits per heavy atom. The summed E-state index contributed by atoms with van der Waals surface area (Å²) < 4.78 is 0. The Morgan fingerprint density at radius 3 is 2.89 bits per heavy atom. The van der Waals surface area contributed by atoms with Gasteiger partial charge in [0.25, 0.3) is 0 Å². The Kier molecular flexibility index (Phi) is 6.91. The molecule has 0 saturated heterocycles. The molecule has 0 fully saturated rings. The number of aliphatic hydroxyl groups is 1. The van der Waals surface area contributed by atoms with Crippen molar-refractivity contribution in [2.45, 2.75) is 24.3 Å². The fourth-order valence-electron chi connectivity index (χ4n) is 1.63. The molecule has 4 nitrogen and oxygen atoms in total. The summed E-state index contributed by atoms with van der Waals surface area (Å²) in [6.07, 6.45) is 2.35. The molecule has 0 saturated carbocycles. The van der Waals surface area contributed by atoms with Gasteiger partial charge in [0.1, 0.15) is 0 Å². The number of aliphatic hydroxyl groups excluding tert-OH is 1. The van der Waals surface area contributed by atoms with Crippen molar-refractivity contribution in [3.05, 3.63) is 24.3 Å². The van der Waals surface area contributed by atoms with Gasteiger partial charge in [-0.25, -0.2) is 0 Å². The lowest BCUT2D eigenvalue weighted by molar-refractivity contribution is -0.117. The van der Waals surface area contributed by atoms with E-state index >= 15 is 0 Å². The van der Waals surface area contributed by atoms with Gasteiger partial charge in [0, 0.05) is 17.1 Å². The number of carbonyl (C=O) groups is 1. The number of hydrogen-bond acceptors (Lipinski definition) is 4. The van der Waals surface area contributed by atoms with E-state index in [4.69, 9.17) is 0 Å². The first-order chi connectivity index (χ1) is 9.01. The van der Waals surface area contributed by atoms with Gasteiger partial charge >= 0.3 is 0 Å². The van der Waals surface area contributed by atoms with Crippen LogP contribution in [0.15, 0.2) is 29.2 Å². The second-order valence-corrected chi connectivity index (χ2v) is 5.54. The zero-order chi connectivity index (χ0) is 14.3. The Hall–Kier alpha value is -1.04. The van der Waals surface area contributed by atoms with E-state index in [1.807, 2.05) is 42.5 Å². The summed E-state index contributed by atoms with van der Waals surface area (Å²) in [6, 6.07) is 7.78. The minimum absolute atomic E-state index is 0.0358. The summed E-state index contributed by atoms with van der Waals surface area (Å²) in [4.78, 5) is 14.9. The minimum atomic E-state index is -0.330. The number of likely N-dealkylation sites (N-methyl/N-ethyl adjacent to an activating group) is 1. The van der Waals surface area contributed by atoms with Crippen LogP contribution in [0.3, 0.4) is 0 Å². The molecule has 0 heterocycles. The third kappa shape index (κ3) is 6.61. The van der Waals surface area contributed by atoms with Gasteiger partial charge in [-0.2, -0.15) is 0 Å². The SMILES string of the molecule is CSc1cccc(NC(=O)CN(C)CCC(C)O)c1. The highest BCUT2D eigenvalue weighted by molar-refractivity contribution is 7.98. The van der Waals surface area contributed by atoms with E-state index in [1.165, 1.54) is 0 Å². The predicted octanol–water partition coefficient (Wildman–Crippen LogP) is 2.05. The van der Waals surface area contributed by atoms with E-state index in [0.29, 0.717) is 19.5 Å². The fraction of sp³-hybridized carbons (Fsp3) is 0.500. The number of rotatable bonds is 7. The molecule has 0 radical (unpaired) electrons. The second kappa shape index (κ2) is 8.19. The molecular weight excluding hydrogens is 260 g/mol. The third-order valence-corrected chi connectivity index (χ3v) is 3.42. The predicted molar refractivity (Wildman–Crippen MR) is 80.6 cm³/mol. The van der Waals surface area contributed by atoms with Crippen LogP contribution in [0.2, 0.25) is 0 Å². The highest BCUT2D eigenvalue weighted by Gasteiger charge is 2.08. The fourth-order valence-corrected chi connectivity index (χ4v) is 2.09. The quantitative estimate of drug-likeness (QED) is 0.752. The van der Waals surface area contributed by atoms with Crippen molar-refractivity contribution >= 4 is 23.4 Å². The molecule has 1 atom stereocenters. The van der Waals surface area contributed by atoms with Gasteiger partial charge in [-0.3, -0.25) is 9.69 Å². The summed E-state index contributed by atoms with van der Waals surface area (Å²) in [6.45, 7) is 2.79. The average Bonchev–Trinajstić information content (AvgIpc) is 2.36. The van der Waals surface area contributed by atoms with E-state index < -0.39 is 0 Å². The summed E-state index contributed by atoms with van der Waals surface area (Å²) in [5.41, 5.74) is 0.820. The first-order valence-electron chi connectivity index (χ1n) is 6.31. The lowest BCUT2D eigenvalue weighted by atomic mass is 10.2. The maximum Gasteiger partial charge on any atom is 0.238 e. The van der Waals surface area contributed by atoms with Crippen LogP contribution in [-0.4, -0.2) is 48.4 Å². The van der Waals surface area contributed by atoms with Gasteiger partial charge in [0.05, 0.1) is 12.6 Å². The van der Waals surface area contributed by atoms with Crippen LogP contribution in [0.5, 0.6) is 0 Å². The molecule has 2 N–H and O–H groups in total. The molecule has 106 valence electrons. The normalized spacial score (nSPS) is 12.5. The Bertz CT molecular complexity index is 410. The summed E-state index contributed by atoms with van der Waals surface area (Å²) in [5.74, 6) is -0.0358. The van der Waals surface area contributed by atoms with E-state index in [9.17, 15) is 9.90 Å². The molecule has 0 aliphatic heterocycles. The number of benzene rings is 1. The molecule has 0 aliphatic rings. The van der Waals surface area contributed by atoms with Gasteiger partial charge in [0.15, 0.2) is 0 Å². The molecule has 0 spiro atoms. The van der Waals surface area contributed by atoms with E-state index in [2.05, 4.69) is 5.32 Å². The maximum absolute atomic E-state index is 11.8. The number of anilines is 1. The van der Waals surface area contributed by atoms with Crippen LogP contribution in [0.4, 0.5) is 5.69 Å². The van der Waals surface area contributed by atoms with Crippen LogP contribution in [0, 0.1) is 0 Å². The lowest BCUT2D eigenvalue weighted by Crippen LogP contribution is -2.32. The number of hydrogen-bond donors (Lipinski definition) is 2. The number of nitrogens with zero attached hydrogens (tertiary/aromatic N) is 1. The molecule has 1 aromatic carbocycles. The molecule has 0 aliphatic carbocycles. The van der Waals surface area contributed by atoms with Crippen LogP contribution in [0.1, 0.15) is 13.3 Å². The van der Waals surface area contributed by atoms with E-state index in [-0.39, 0.29) is 12.0 Å². The monoisotopic (exact) mass is 282 g/mol. The molecule has 1 unspecified atom stereocenters. The Balaban J connectivity index is 2.41. The second-order valence-electron chi connectivity index (χ2n) is 4.66. The molecular formula is C14H22N2O2S. The molecule has 1 rings (SSSR count). The lowest BCUT2D eigenvalue weighted by Gasteiger charge is -2.17. The smallest absolute Gasteiger partial charge is 0.238 e. The summed E-state index contributed by atoms with van der Waals surface area (Å²) in [7, 11) is 1.88. The van der Waals surface area contributed by atoms with Crippen molar-refractivity contribution in [1.82, 2.24) is 4.90 Å². The molecule has 1 amide bonds. The van der Waals surface area contributed by atoms with Gasteiger partial charge in [-0.15, -0.1) is 11.8 Å². The molecule has 0 bridgehead atoms. The summed E-state index contributed by atoms with van der Waals surface area (Å²) in [5, 5.41) is 12.1. The van der Waals surface area contributed by atoms with Crippen molar-refractivity contribution in [3.8, 4) is 0 Å². The topological polar surface area (TPSA) is 52.6 Å². The number of thioether (sulfide) groups is 1.